The average Bonchev–Trinajstić information content (AvgIpc) is 3.16. The van der Waals surface area contributed by atoms with Crippen LogP contribution < -0.4 is 0 Å². The van der Waals surface area contributed by atoms with Crippen molar-refractivity contribution in [2.24, 2.45) is 0 Å². The number of hydrogen-bond acceptors (Lipinski definition) is 2. The first-order valence-electron chi connectivity index (χ1n) is 9.30. The van der Waals surface area contributed by atoms with E-state index in [0.717, 1.165) is 26.5 Å². The number of nitrogens with one attached hydrogen (secondary N) is 1. The lowest BCUT2D eigenvalue weighted by molar-refractivity contribution is -0.127. The zero-order valence-corrected chi connectivity index (χ0v) is 17.2. The second kappa shape index (κ2) is 8.45. The molecule has 1 aromatic heterocycles. The lowest BCUT2D eigenvalue weighted by atomic mass is 10.1. The number of Topliss-reactive ketones (excluding diaryl/α,β-unsaturated/α-hetero) is 1. The Bertz CT molecular complexity index is 1110. The number of aromatic amines is 1. The maximum absolute atomic E-state index is 13.2. The first kappa shape index (κ1) is 19.2. The van der Waals surface area contributed by atoms with Gasteiger partial charge in [0.2, 0.25) is 0 Å². The van der Waals surface area contributed by atoms with Crippen LogP contribution in [0.2, 0.25) is 0 Å². The highest BCUT2D eigenvalue weighted by Crippen LogP contribution is 2.24. The number of nitrogens with zero attached hydrogens (tertiary/aromatic N) is 1. The molecule has 0 aliphatic rings. The van der Waals surface area contributed by atoms with E-state index in [1.807, 2.05) is 78.9 Å². The fourth-order valence-electron chi connectivity index (χ4n) is 3.35. The number of carbonyl (C=O) groups is 2. The minimum Gasteiger partial charge on any atom is -0.360 e. The number of aromatic nitrogens is 1. The third-order valence-electron chi connectivity index (χ3n) is 4.80. The normalized spacial score (nSPS) is 10.8. The van der Waals surface area contributed by atoms with Crippen LogP contribution in [0, 0.1) is 0 Å². The minimum absolute atomic E-state index is 0.367. The highest BCUT2D eigenvalue weighted by Gasteiger charge is 2.26. The molecule has 3 aromatic carbocycles. The van der Waals surface area contributed by atoms with Gasteiger partial charge in [0, 0.05) is 34.7 Å². The number of halogens is 1. The molecule has 4 rings (SSSR count). The second-order valence-corrected chi connectivity index (χ2v) is 7.77. The Kier molecular flexibility index (Phi) is 5.58. The van der Waals surface area contributed by atoms with Gasteiger partial charge >= 0.3 is 0 Å². The maximum Gasteiger partial charge on any atom is 0.295 e. The number of rotatable bonds is 6. The predicted molar refractivity (Wildman–Crippen MR) is 117 cm³/mol. The molecule has 29 heavy (non-hydrogen) atoms. The Morgan fingerprint density at radius 1 is 0.828 bits per heavy atom. The van der Waals surface area contributed by atoms with Gasteiger partial charge in [0.25, 0.3) is 11.7 Å². The fourth-order valence-corrected chi connectivity index (χ4v) is 3.71. The van der Waals surface area contributed by atoms with Gasteiger partial charge in [-0.05, 0) is 29.3 Å². The molecule has 0 bridgehead atoms. The van der Waals surface area contributed by atoms with Crippen LogP contribution in [0.15, 0.2) is 89.5 Å². The van der Waals surface area contributed by atoms with Crippen LogP contribution in [0.3, 0.4) is 0 Å². The summed E-state index contributed by atoms with van der Waals surface area (Å²) in [5, 5.41) is 0.733. The van der Waals surface area contributed by atoms with E-state index >= 15 is 0 Å². The van der Waals surface area contributed by atoms with E-state index in [0.29, 0.717) is 18.7 Å². The molecule has 0 atom stereocenters. The highest BCUT2D eigenvalue weighted by atomic mass is 79.9. The first-order chi connectivity index (χ1) is 14.1. The van der Waals surface area contributed by atoms with Crippen molar-refractivity contribution in [2.45, 2.75) is 13.1 Å². The third-order valence-corrected chi connectivity index (χ3v) is 5.30. The molecule has 0 unspecified atom stereocenters. The molecule has 144 valence electrons. The van der Waals surface area contributed by atoms with E-state index in [-0.39, 0.29) is 0 Å². The summed E-state index contributed by atoms with van der Waals surface area (Å²) in [7, 11) is 0. The summed E-state index contributed by atoms with van der Waals surface area (Å²) in [6.45, 7) is 0.735. The number of carbonyl (C=O) groups excluding carboxylic acids is 2. The largest absolute Gasteiger partial charge is 0.360 e. The second-order valence-electron chi connectivity index (χ2n) is 6.85. The van der Waals surface area contributed by atoms with Crippen LogP contribution in [-0.4, -0.2) is 21.6 Å². The highest BCUT2D eigenvalue weighted by molar-refractivity contribution is 9.10. The van der Waals surface area contributed by atoms with Crippen molar-refractivity contribution in [3.8, 4) is 0 Å². The molecule has 0 radical (unpaired) electrons. The number of benzene rings is 3. The molecule has 0 spiro atoms. The minimum atomic E-state index is -0.515. The zero-order chi connectivity index (χ0) is 20.2. The van der Waals surface area contributed by atoms with Crippen LogP contribution in [0.4, 0.5) is 0 Å². The van der Waals surface area contributed by atoms with Crippen molar-refractivity contribution in [1.29, 1.82) is 0 Å². The zero-order valence-electron chi connectivity index (χ0n) is 15.6. The number of hydrogen-bond donors (Lipinski definition) is 1. The summed E-state index contributed by atoms with van der Waals surface area (Å²) in [5.74, 6) is -1.03. The lowest BCUT2D eigenvalue weighted by Crippen LogP contribution is -2.35. The lowest BCUT2D eigenvalue weighted by Gasteiger charge is -2.22. The molecule has 4 aromatic rings. The molecule has 0 aliphatic carbocycles. The Hall–Kier alpha value is -3.18. The summed E-state index contributed by atoms with van der Waals surface area (Å²) >= 11 is 3.43. The standard InChI is InChI=1S/C24H19BrN2O2/c25-19-11-12-22-20(13-19)21(14-26-22)23(28)24(29)27(15-17-7-3-1-4-8-17)16-18-9-5-2-6-10-18/h1-14,26H,15-16H2. The van der Waals surface area contributed by atoms with Gasteiger partial charge in [0.15, 0.2) is 0 Å². The summed E-state index contributed by atoms with van der Waals surface area (Å²) < 4.78 is 0.858. The van der Waals surface area contributed by atoms with Gasteiger partial charge in [-0.15, -0.1) is 0 Å². The fraction of sp³-hybridized carbons (Fsp3) is 0.0833. The molecular weight excluding hydrogens is 428 g/mol. The van der Waals surface area contributed by atoms with Crippen molar-refractivity contribution >= 4 is 38.5 Å². The van der Waals surface area contributed by atoms with Crippen molar-refractivity contribution in [3.05, 3.63) is 106 Å². The molecule has 1 amide bonds. The molecule has 0 aliphatic heterocycles. The molecule has 5 heteroatoms. The molecule has 0 fully saturated rings. The number of amides is 1. The molecular formula is C24H19BrN2O2. The van der Waals surface area contributed by atoms with E-state index in [2.05, 4.69) is 20.9 Å². The van der Waals surface area contributed by atoms with Gasteiger partial charge < -0.3 is 9.88 Å². The quantitative estimate of drug-likeness (QED) is 0.320. The average molecular weight is 447 g/mol. The maximum atomic E-state index is 13.2. The van der Waals surface area contributed by atoms with Crippen molar-refractivity contribution in [1.82, 2.24) is 9.88 Å². The molecule has 0 saturated heterocycles. The van der Waals surface area contributed by atoms with E-state index in [4.69, 9.17) is 0 Å². The molecule has 4 nitrogen and oxygen atoms in total. The summed E-state index contributed by atoms with van der Waals surface area (Å²) in [6.07, 6.45) is 1.61. The molecule has 0 saturated carbocycles. The topological polar surface area (TPSA) is 53.2 Å². The third kappa shape index (κ3) is 4.30. The Labute approximate surface area is 177 Å². The number of ketones is 1. The van der Waals surface area contributed by atoms with Gasteiger partial charge in [-0.3, -0.25) is 9.59 Å². The predicted octanol–water partition coefficient (Wildman–Crippen LogP) is 5.34. The van der Waals surface area contributed by atoms with Gasteiger partial charge in [0.05, 0.1) is 5.56 Å². The van der Waals surface area contributed by atoms with Crippen LogP contribution in [-0.2, 0) is 17.9 Å². The summed E-state index contributed by atoms with van der Waals surface area (Å²) in [6, 6.07) is 25.0. The van der Waals surface area contributed by atoms with E-state index in [9.17, 15) is 9.59 Å². The van der Waals surface area contributed by atoms with Gasteiger partial charge in [-0.2, -0.15) is 0 Å². The van der Waals surface area contributed by atoms with Crippen LogP contribution in [0.1, 0.15) is 21.5 Å². The number of H-pyrrole nitrogens is 1. The monoisotopic (exact) mass is 446 g/mol. The van der Waals surface area contributed by atoms with E-state index in [1.165, 1.54) is 0 Å². The van der Waals surface area contributed by atoms with Gasteiger partial charge in [0.1, 0.15) is 0 Å². The summed E-state index contributed by atoms with van der Waals surface area (Å²) in [5.41, 5.74) is 3.16. The van der Waals surface area contributed by atoms with Crippen molar-refractivity contribution in [2.75, 3.05) is 0 Å². The molecule has 1 heterocycles. The van der Waals surface area contributed by atoms with E-state index < -0.39 is 11.7 Å². The van der Waals surface area contributed by atoms with Crippen LogP contribution >= 0.6 is 15.9 Å². The summed E-state index contributed by atoms with van der Waals surface area (Å²) in [4.78, 5) is 31.0. The first-order valence-corrected chi connectivity index (χ1v) is 10.1. The smallest absolute Gasteiger partial charge is 0.295 e. The van der Waals surface area contributed by atoms with Crippen LogP contribution in [0.5, 0.6) is 0 Å². The van der Waals surface area contributed by atoms with E-state index in [1.54, 1.807) is 11.1 Å². The van der Waals surface area contributed by atoms with Crippen LogP contribution in [0.25, 0.3) is 10.9 Å². The Morgan fingerprint density at radius 3 is 2.00 bits per heavy atom. The van der Waals surface area contributed by atoms with Gasteiger partial charge in [-0.1, -0.05) is 76.6 Å². The van der Waals surface area contributed by atoms with Gasteiger partial charge in [-0.25, -0.2) is 0 Å². The van der Waals surface area contributed by atoms with Crippen molar-refractivity contribution < 1.29 is 9.59 Å². The SMILES string of the molecule is O=C(C(=O)N(Cc1ccccc1)Cc1ccccc1)c1c[nH]c2ccc(Br)cc12. The number of fused-ring (bicyclic) bond motifs is 1. The Morgan fingerprint density at radius 2 is 1.41 bits per heavy atom. The van der Waals surface area contributed by atoms with Crippen molar-refractivity contribution in [3.63, 3.8) is 0 Å². The molecule has 1 N–H and O–H groups in total. The Balaban J connectivity index is 1.65.